The number of nitrogens with zero attached hydrogens (tertiary/aromatic N) is 5. The number of piperazine rings is 1. The van der Waals surface area contributed by atoms with Gasteiger partial charge >= 0.3 is 0 Å². The third kappa shape index (κ3) is 5.81. The van der Waals surface area contributed by atoms with E-state index in [0.717, 1.165) is 32.6 Å². The van der Waals surface area contributed by atoms with E-state index in [1.54, 1.807) is 0 Å². The van der Waals surface area contributed by atoms with Gasteiger partial charge in [0.1, 0.15) is 0 Å². The van der Waals surface area contributed by atoms with Crippen LogP contribution in [0.2, 0.25) is 0 Å². The normalized spacial score (nSPS) is 20.0. The number of aliphatic hydroxyl groups is 1. The van der Waals surface area contributed by atoms with Gasteiger partial charge in [-0.25, -0.2) is 0 Å². The third-order valence-electron chi connectivity index (χ3n) is 4.65. The Morgan fingerprint density at radius 1 is 1.17 bits per heavy atom. The summed E-state index contributed by atoms with van der Waals surface area (Å²) >= 11 is 0. The van der Waals surface area contributed by atoms with Crippen LogP contribution in [0.1, 0.15) is 38.6 Å². The minimum absolute atomic E-state index is 0.000511. The van der Waals surface area contributed by atoms with Gasteiger partial charge in [-0.15, -0.1) is 10.2 Å². The molecule has 2 heterocycles. The van der Waals surface area contributed by atoms with Gasteiger partial charge in [-0.1, -0.05) is 13.8 Å². The predicted molar refractivity (Wildman–Crippen MR) is 93.8 cm³/mol. The van der Waals surface area contributed by atoms with E-state index in [2.05, 4.69) is 45.8 Å². The minimum Gasteiger partial charge on any atom is -0.424 e. The molecule has 0 spiro atoms. The van der Waals surface area contributed by atoms with Gasteiger partial charge in [0, 0.05) is 45.7 Å². The highest BCUT2D eigenvalue weighted by Gasteiger charge is 2.23. The molecule has 2 atom stereocenters. The Kier molecular flexibility index (Phi) is 7.16. The van der Waals surface area contributed by atoms with Gasteiger partial charge in [-0.3, -0.25) is 9.80 Å². The maximum atomic E-state index is 10.4. The standard InChI is InChI=1S/C17H33N5O2/c1-13(2)10-16-18-19-17(24-16)14(3)21(5)11-15(23)12-22-8-6-20(4)7-9-22/h13-15,23H,6-12H2,1-5H3. The quantitative estimate of drug-likeness (QED) is 0.753. The van der Waals surface area contributed by atoms with Crippen LogP contribution in [0, 0.1) is 5.92 Å². The van der Waals surface area contributed by atoms with Crippen LogP contribution in [0.15, 0.2) is 4.42 Å². The van der Waals surface area contributed by atoms with Crippen LogP contribution in [0.25, 0.3) is 0 Å². The van der Waals surface area contributed by atoms with Gasteiger partial charge in [0.2, 0.25) is 11.8 Å². The smallest absolute Gasteiger partial charge is 0.233 e. The van der Waals surface area contributed by atoms with Crippen molar-refractivity contribution < 1.29 is 9.52 Å². The highest BCUT2D eigenvalue weighted by molar-refractivity contribution is 4.90. The summed E-state index contributed by atoms with van der Waals surface area (Å²) in [6.07, 6.45) is 0.425. The molecule has 0 bridgehead atoms. The van der Waals surface area contributed by atoms with Crippen molar-refractivity contribution >= 4 is 0 Å². The van der Waals surface area contributed by atoms with E-state index in [-0.39, 0.29) is 12.1 Å². The molecule has 7 nitrogen and oxygen atoms in total. The summed E-state index contributed by atoms with van der Waals surface area (Å²) in [5.74, 6) is 1.81. The highest BCUT2D eigenvalue weighted by Crippen LogP contribution is 2.19. The average Bonchev–Trinajstić information content (AvgIpc) is 2.96. The number of hydrogen-bond acceptors (Lipinski definition) is 7. The number of aliphatic hydroxyl groups excluding tert-OH is 1. The minimum atomic E-state index is -0.376. The monoisotopic (exact) mass is 339 g/mol. The first-order chi connectivity index (χ1) is 11.3. The second-order valence-electron chi connectivity index (χ2n) is 7.51. The summed E-state index contributed by atoms with van der Waals surface area (Å²) in [5.41, 5.74) is 0. The first kappa shape index (κ1) is 19.3. The van der Waals surface area contributed by atoms with Crippen LogP contribution in [-0.2, 0) is 6.42 Å². The molecule has 2 unspecified atom stereocenters. The van der Waals surface area contributed by atoms with E-state index in [4.69, 9.17) is 4.42 Å². The Bertz CT molecular complexity index is 485. The molecule has 1 aliphatic heterocycles. The molecule has 24 heavy (non-hydrogen) atoms. The topological polar surface area (TPSA) is 68.9 Å². The summed E-state index contributed by atoms with van der Waals surface area (Å²) in [7, 11) is 4.13. The van der Waals surface area contributed by atoms with E-state index in [9.17, 15) is 5.11 Å². The van der Waals surface area contributed by atoms with Crippen molar-refractivity contribution in [3.63, 3.8) is 0 Å². The molecular formula is C17H33N5O2. The molecule has 1 saturated heterocycles. The van der Waals surface area contributed by atoms with Crippen molar-refractivity contribution in [1.29, 1.82) is 0 Å². The van der Waals surface area contributed by atoms with E-state index < -0.39 is 0 Å². The van der Waals surface area contributed by atoms with Gasteiger partial charge in [-0.2, -0.15) is 0 Å². The van der Waals surface area contributed by atoms with Crippen LogP contribution in [0.3, 0.4) is 0 Å². The number of β-amino-alcohol motifs (C(OH)–C–C–N with tert-alkyl or cyclic N) is 1. The van der Waals surface area contributed by atoms with Crippen molar-refractivity contribution in [1.82, 2.24) is 24.9 Å². The molecule has 0 saturated carbocycles. The van der Waals surface area contributed by atoms with E-state index >= 15 is 0 Å². The lowest BCUT2D eigenvalue weighted by molar-refractivity contribution is 0.0500. The number of likely N-dealkylation sites (N-methyl/N-ethyl adjacent to an activating group) is 2. The van der Waals surface area contributed by atoms with Gasteiger partial charge in [0.05, 0.1) is 12.1 Å². The summed E-state index contributed by atoms with van der Waals surface area (Å²) in [6.45, 7) is 11.8. The molecule has 0 amide bonds. The Labute approximate surface area is 145 Å². The molecular weight excluding hydrogens is 306 g/mol. The molecule has 1 fully saturated rings. The van der Waals surface area contributed by atoms with Crippen molar-refractivity contribution in [2.45, 2.75) is 39.3 Å². The Morgan fingerprint density at radius 3 is 2.46 bits per heavy atom. The highest BCUT2D eigenvalue weighted by atomic mass is 16.4. The lowest BCUT2D eigenvalue weighted by atomic mass is 10.1. The molecule has 1 aromatic rings. The summed E-state index contributed by atoms with van der Waals surface area (Å²) in [5, 5.41) is 18.7. The second kappa shape index (κ2) is 8.89. The summed E-state index contributed by atoms with van der Waals surface area (Å²) < 4.78 is 5.76. The lowest BCUT2D eigenvalue weighted by Crippen LogP contribution is -2.48. The zero-order valence-electron chi connectivity index (χ0n) is 15.8. The van der Waals surface area contributed by atoms with Crippen molar-refractivity contribution in [3.05, 3.63) is 11.8 Å². The Morgan fingerprint density at radius 2 is 1.83 bits per heavy atom. The second-order valence-corrected chi connectivity index (χ2v) is 7.51. The van der Waals surface area contributed by atoms with Crippen LogP contribution in [-0.4, -0.2) is 89.5 Å². The largest absolute Gasteiger partial charge is 0.424 e. The molecule has 1 aliphatic rings. The Balaban J connectivity index is 1.79. The van der Waals surface area contributed by atoms with E-state index in [1.807, 2.05) is 14.0 Å². The van der Waals surface area contributed by atoms with Gasteiger partial charge < -0.3 is 14.4 Å². The molecule has 0 radical (unpaired) electrons. The van der Waals surface area contributed by atoms with Crippen LogP contribution in [0.5, 0.6) is 0 Å². The molecule has 2 rings (SSSR count). The van der Waals surface area contributed by atoms with E-state index in [1.165, 1.54) is 0 Å². The van der Waals surface area contributed by atoms with Gasteiger partial charge in [0.25, 0.3) is 0 Å². The van der Waals surface area contributed by atoms with Crippen molar-refractivity contribution in [2.75, 3.05) is 53.4 Å². The van der Waals surface area contributed by atoms with Crippen molar-refractivity contribution in [3.8, 4) is 0 Å². The van der Waals surface area contributed by atoms with Crippen LogP contribution in [0.4, 0.5) is 0 Å². The number of aromatic nitrogens is 2. The average molecular weight is 339 g/mol. The first-order valence-electron chi connectivity index (χ1n) is 8.96. The number of hydrogen-bond donors (Lipinski definition) is 1. The number of rotatable bonds is 8. The third-order valence-corrected chi connectivity index (χ3v) is 4.65. The van der Waals surface area contributed by atoms with Gasteiger partial charge in [-0.05, 0) is 26.9 Å². The fourth-order valence-corrected chi connectivity index (χ4v) is 2.93. The van der Waals surface area contributed by atoms with E-state index in [0.29, 0.717) is 30.8 Å². The lowest BCUT2D eigenvalue weighted by Gasteiger charge is -2.34. The predicted octanol–water partition coefficient (Wildman–Crippen LogP) is 0.869. The first-order valence-corrected chi connectivity index (χ1v) is 8.96. The zero-order chi connectivity index (χ0) is 17.7. The molecule has 138 valence electrons. The van der Waals surface area contributed by atoms with Crippen molar-refractivity contribution in [2.24, 2.45) is 5.92 Å². The SMILES string of the molecule is CC(C)Cc1nnc(C(C)N(C)CC(O)CN2CCN(C)CC2)o1. The fourth-order valence-electron chi connectivity index (χ4n) is 2.93. The van der Waals surface area contributed by atoms with Gasteiger partial charge in [0.15, 0.2) is 0 Å². The summed E-state index contributed by atoms with van der Waals surface area (Å²) in [6, 6.07) is 0.000511. The molecule has 7 heteroatoms. The molecule has 1 aromatic heterocycles. The maximum absolute atomic E-state index is 10.4. The summed E-state index contributed by atoms with van der Waals surface area (Å²) in [4.78, 5) is 6.73. The van der Waals surface area contributed by atoms with Crippen LogP contribution < -0.4 is 0 Å². The molecule has 0 aliphatic carbocycles. The Hall–Kier alpha value is -1.02. The molecule has 0 aromatic carbocycles. The fraction of sp³-hybridized carbons (Fsp3) is 0.882. The maximum Gasteiger partial charge on any atom is 0.233 e. The zero-order valence-corrected chi connectivity index (χ0v) is 15.8. The van der Waals surface area contributed by atoms with Crippen LogP contribution >= 0.6 is 0 Å². The molecule has 1 N–H and O–H groups in total.